The van der Waals surface area contributed by atoms with Gasteiger partial charge in [-0.2, -0.15) is 0 Å². The highest BCUT2D eigenvalue weighted by Gasteiger charge is 2.40. The summed E-state index contributed by atoms with van der Waals surface area (Å²) in [4.78, 5) is 38.7. The number of nitro groups is 1. The van der Waals surface area contributed by atoms with E-state index in [9.17, 15) is 19.7 Å². The zero-order chi connectivity index (χ0) is 19.8. The number of nitro benzene ring substituents is 1. The number of carbonyl (C=O) groups is 2. The van der Waals surface area contributed by atoms with Crippen molar-refractivity contribution < 1.29 is 19.2 Å². The Hall–Kier alpha value is -2.90. The number of nitrogens with zero attached hydrogens (tertiary/aromatic N) is 3. The van der Waals surface area contributed by atoms with E-state index in [2.05, 4.69) is 0 Å². The standard InChI is InChI=1S/C18H23N3O5/c1-11-14(16(22)26-18(2,3)4)15(20(6)17(23)19(11)5)12-8-7-9-13(10-12)21(24)25/h7-10,15H,1-6H3. The Balaban J connectivity index is 2.62. The maximum Gasteiger partial charge on any atom is 0.338 e. The van der Waals surface area contributed by atoms with Crippen molar-refractivity contribution in [1.29, 1.82) is 0 Å². The van der Waals surface area contributed by atoms with Crippen LogP contribution in [0.5, 0.6) is 0 Å². The van der Waals surface area contributed by atoms with Gasteiger partial charge in [0.05, 0.1) is 16.5 Å². The lowest BCUT2D eigenvalue weighted by Gasteiger charge is -2.40. The SMILES string of the molecule is CC1=C(C(=O)OC(C)(C)C)C(c2cccc([N+](=O)[O-])c2)N(C)C(=O)N1C. The Labute approximate surface area is 152 Å². The van der Waals surface area contributed by atoms with Crippen molar-refractivity contribution in [3.8, 4) is 0 Å². The van der Waals surface area contributed by atoms with E-state index in [0.717, 1.165) is 0 Å². The van der Waals surface area contributed by atoms with Crippen LogP contribution in [-0.2, 0) is 9.53 Å². The number of ether oxygens (including phenoxy) is 1. The third kappa shape index (κ3) is 3.68. The molecule has 1 unspecified atom stereocenters. The third-order valence-corrected chi connectivity index (χ3v) is 4.16. The van der Waals surface area contributed by atoms with Crippen LogP contribution in [0.25, 0.3) is 0 Å². The van der Waals surface area contributed by atoms with Crippen molar-refractivity contribution in [2.24, 2.45) is 0 Å². The molecule has 0 fully saturated rings. The number of likely N-dealkylation sites (N-methyl/N-ethyl adjacent to an activating group) is 1. The number of esters is 1. The molecule has 1 aromatic carbocycles. The van der Waals surface area contributed by atoms with Gasteiger partial charge < -0.3 is 14.5 Å². The van der Waals surface area contributed by atoms with Crippen molar-refractivity contribution in [2.45, 2.75) is 39.3 Å². The lowest BCUT2D eigenvalue weighted by atomic mass is 9.93. The Morgan fingerprint density at radius 2 is 1.88 bits per heavy atom. The summed E-state index contributed by atoms with van der Waals surface area (Å²) in [7, 11) is 3.13. The quantitative estimate of drug-likeness (QED) is 0.468. The molecule has 0 N–H and O–H groups in total. The number of hydrogen-bond acceptors (Lipinski definition) is 5. The van der Waals surface area contributed by atoms with E-state index in [1.807, 2.05) is 0 Å². The molecule has 0 aromatic heterocycles. The van der Waals surface area contributed by atoms with Crippen LogP contribution in [-0.4, -0.2) is 46.4 Å². The first-order valence-corrected chi connectivity index (χ1v) is 8.13. The van der Waals surface area contributed by atoms with Gasteiger partial charge in [0.25, 0.3) is 5.69 Å². The number of benzene rings is 1. The van der Waals surface area contributed by atoms with E-state index in [0.29, 0.717) is 11.3 Å². The fourth-order valence-electron chi connectivity index (χ4n) is 2.85. The highest BCUT2D eigenvalue weighted by atomic mass is 16.6. The highest BCUT2D eigenvalue weighted by Crippen LogP contribution is 2.37. The summed E-state index contributed by atoms with van der Waals surface area (Å²) in [6.07, 6.45) is 0. The summed E-state index contributed by atoms with van der Waals surface area (Å²) in [5.41, 5.74) is 0.395. The normalized spacial score (nSPS) is 18.2. The molecule has 0 aliphatic carbocycles. The van der Waals surface area contributed by atoms with Crippen LogP contribution in [0.2, 0.25) is 0 Å². The Kier molecular flexibility index (Phi) is 5.06. The summed E-state index contributed by atoms with van der Waals surface area (Å²) >= 11 is 0. The molecule has 0 saturated heterocycles. The molecule has 0 saturated carbocycles. The molecule has 1 atom stereocenters. The van der Waals surface area contributed by atoms with Crippen LogP contribution in [0.4, 0.5) is 10.5 Å². The molecule has 8 nitrogen and oxygen atoms in total. The average Bonchev–Trinajstić information content (AvgIpc) is 2.54. The summed E-state index contributed by atoms with van der Waals surface area (Å²) in [6.45, 7) is 6.92. The monoisotopic (exact) mass is 361 g/mol. The van der Waals surface area contributed by atoms with E-state index < -0.39 is 22.5 Å². The van der Waals surface area contributed by atoms with E-state index in [1.165, 1.54) is 28.0 Å². The number of non-ortho nitro benzene ring substituents is 1. The molecule has 0 spiro atoms. The maximum atomic E-state index is 12.8. The van der Waals surface area contributed by atoms with Crippen LogP contribution in [0.1, 0.15) is 39.3 Å². The molecule has 1 aromatic rings. The zero-order valence-electron chi connectivity index (χ0n) is 15.8. The van der Waals surface area contributed by atoms with Crippen LogP contribution in [0, 0.1) is 10.1 Å². The van der Waals surface area contributed by atoms with Crippen molar-refractivity contribution in [3.63, 3.8) is 0 Å². The van der Waals surface area contributed by atoms with Gasteiger partial charge in [-0.3, -0.25) is 10.1 Å². The summed E-state index contributed by atoms with van der Waals surface area (Å²) in [6, 6.07) is 4.84. The lowest BCUT2D eigenvalue weighted by molar-refractivity contribution is -0.384. The summed E-state index contributed by atoms with van der Waals surface area (Å²) in [5, 5.41) is 11.1. The van der Waals surface area contributed by atoms with Crippen LogP contribution < -0.4 is 0 Å². The van der Waals surface area contributed by atoms with Gasteiger partial charge >= 0.3 is 12.0 Å². The number of urea groups is 1. The highest BCUT2D eigenvalue weighted by molar-refractivity contribution is 5.95. The van der Waals surface area contributed by atoms with Crippen molar-refractivity contribution in [2.75, 3.05) is 14.1 Å². The van der Waals surface area contributed by atoms with Gasteiger partial charge in [-0.1, -0.05) is 12.1 Å². The predicted octanol–water partition coefficient (Wildman–Crippen LogP) is 3.25. The van der Waals surface area contributed by atoms with E-state index in [1.54, 1.807) is 47.9 Å². The van der Waals surface area contributed by atoms with Crippen molar-refractivity contribution in [1.82, 2.24) is 9.80 Å². The molecule has 1 heterocycles. The minimum absolute atomic E-state index is 0.108. The van der Waals surface area contributed by atoms with Gasteiger partial charge in [-0.25, -0.2) is 9.59 Å². The zero-order valence-corrected chi connectivity index (χ0v) is 15.8. The number of allylic oxidation sites excluding steroid dienone is 1. The van der Waals surface area contributed by atoms with Gasteiger partial charge in [-0.05, 0) is 33.3 Å². The fraction of sp³-hybridized carbons (Fsp3) is 0.444. The third-order valence-electron chi connectivity index (χ3n) is 4.16. The first-order chi connectivity index (χ1) is 11.9. The minimum atomic E-state index is -0.770. The second-order valence-electron chi connectivity index (χ2n) is 7.21. The molecular formula is C18H23N3O5. The van der Waals surface area contributed by atoms with Gasteiger partial charge in [0.15, 0.2) is 0 Å². The van der Waals surface area contributed by atoms with Gasteiger partial charge in [0.1, 0.15) is 5.60 Å². The summed E-state index contributed by atoms with van der Waals surface area (Å²) in [5.74, 6) is -0.558. The van der Waals surface area contributed by atoms with E-state index in [4.69, 9.17) is 4.74 Å². The topological polar surface area (TPSA) is 93.0 Å². The van der Waals surface area contributed by atoms with Gasteiger partial charge in [0.2, 0.25) is 0 Å². The smallest absolute Gasteiger partial charge is 0.338 e. The predicted molar refractivity (Wildman–Crippen MR) is 95.3 cm³/mol. The molecule has 1 aliphatic heterocycles. The average molecular weight is 361 g/mol. The van der Waals surface area contributed by atoms with Gasteiger partial charge in [-0.15, -0.1) is 0 Å². The molecule has 1 aliphatic rings. The molecule has 140 valence electrons. The Bertz CT molecular complexity index is 794. The van der Waals surface area contributed by atoms with Crippen LogP contribution in [0.3, 0.4) is 0 Å². The molecule has 2 amide bonds. The Morgan fingerprint density at radius 1 is 1.27 bits per heavy atom. The fourth-order valence-corrected chi connectivity index (χ4v) is 2.85. The molecule has 8 heteroatoms. The molecule has 0 bridgehead atoms. The van der Waals surface area contributed by atoms with Gasteiger partial charge in [0, 0.05) is 31.9 Å². The second kappa shape index (κ2) is 6.78. The van der Waals surface area contributed by atoms with E-state index >= 15 is 0 Å². The first-order valence-electron chi connectivity index (χ1n) is 8.13. The number of rotatable bonds is 3. The lowest BCUT2D eigenvalue weighted by Crippen LogP contribution is -2.47. The summed E-state index contributed by atoms with van der Waals surface area (Å²) < 4.78 is 5.51. The second-order valence-corrected chi connectivity index (χ2v) is 7.21. The molecule has 26 heavy (non-hydrogen) atoms. The maximum absolute atomic E-state index is 12.8. The van der Waals surface area contributed by atoms with E-state index in [-0.39, 0.29) is 17.3 Å². The van der Waals surface area contributed by atoms with Crippen LogP contribution in [0.15, 0.2) is 35.5 Å². The van der Waals surface area contributed by atoms with Crippen LogP contribution >= 0.6 is 0 Å². The van der Waals surface area contributed by atoms with Crippen molar-refractivity contribution >= 4 is 17.7 Å². The first kappa shape index (κ1) is 19.4. The number of amides is 2. The minimum Gasteiger partial charge on any atom is -0.456 e. The number of hydrogen-bond donors (Lipinski definition) is 0. The molecule has 0 radical (unpaired) electrons. The Morgan fingerprint density at radius 3 is 2.42 bits per heavy atom. The largest absolute Gasteiger partial charge is 0.456 e. The number of carbonyl (C=O) groups excluding carboxylic acids is 2. The van der Waals surface area contributed by atoms with Crippen molar-refractivity contribution in [3.05, 3.63) is 51.2 Å². The molecule has 2 rings (SSSR count). The molecular weight excluding hydrogens is 338 g/mol.